The molecule has 0 aliphatic rings. The molecule has 0 N–H and O–H groups in total. The second-order valence-electron chi connectivity index (χ2n) is 3.62. The molecule has 0 saturated carbocycles. The van der Waals surface area contributed by atoms with E-state index < -0.39 is 0 Å². The van der Waals surface area contributed by atoms with Crippen molar-refractivity contribution in [1.82, 2.24) is 0 Å². The summed E-state index contributed by atoms with van der Waals surface area (Å²) in [5.74, 6) is 0. The summed E-state index contributed by atoms with van der Waals surface area (Å²) in [7, 11) is 1.66. The van der Waals surface area contributed by atoms with Crippen molar-refractivity contribution in [2.24, 2.45) is 0 Å². The van der Waals surface area contributed by atoms with Crippen molar-refractivity contribution in [3.8, 4) is 0 Å². The van der Waals surface area contributed by atoms with Crippen molar-refractivity contribution in [2.75, 3.05) is 46.8 Å². The largest absolute Gasteiger partial charge is 0.382 e. The molecular formula is C12H18BrIO4S. The summed E-state index contributed by atoms with van der Waals surface area (Å²) in [4.78, 5) is 0. The molecular weight excluding hydrogens is 447 g/mol. The fourth-order valence-corrected chi connectivity index (χ4v) is 4.55. The highest BCUT2D eigenvalue weighted by Gasteiger charge is 2.04. The highest BCUT2D eigenvalue weighted by Crippen LogP contribution is 2.29. The summed E-state index contributed by atoms with van der Waals surface area (Å²) >= 11 is 7.54. The molecule has 0 unspecified atom stereocenters. The number of halogens is 2. The Balaban J connectivity index is 1.90. The van der Waals surface area contributed by atoms with Gasteiger partial charge in [0.15, 0.2) is 0 Å². The van der Waals surface area contributed by atoms with E-state index >= 15 is 0 Å². The Morgan fingerprint density at radius 2 is 1.63 bits per heavy atom. The summed E-state index contributed by atoms with van der Waals surface area (Å²) in [6, 6.07) is 2.12. The van der Waals surface area contributed by atoms with E-state index in [1.807, 2.05) is 0 Å². The van der Waals surface area contributed by atoms with Gasteiger partial charge in [-0.1, -0.05) is 0 Å². The molecule has 19 heavy (non-hydrogen) atoms. The molecule has 7 heteroatoms. The lowest BCUT2D eigenvalue weighted by Crippen LogP contribution is -2.11. The number of ether oxygens (including phenoxy) is 4. The van der Waals surface area contributed by atoms with Gasteiger partial charge in [-0.2, -0.15) is 0 Å². The van der Waals surface area contributed by atoms with Crippen LogP contribution in [0.2, 0.25) is 0 Å². The fourth-order valence-electron chi connectivity index (χ4n) is 1.24. The summed E-state index contributed by atoms with van der Waals surface area (Å²) in [6.45, 7) is 4.22. The first kappa shape index (κ1) is 17.8. The summed E-state index contributed by atoms with van der Waals surface area (Å²) in [5.41, 5.74) is 1.19. The number of hydrogen-bond donors (Lipinski definition) is 0. The van der Waals surface area contributed by atoms with Crippen LogP contribution >= 0.6 is 49.9 Å². The lowest BCUT2D eigenvalue weighted by molar-refractivity contribution is 0.000846. The third-order valence-corrected chi connectivity index (χ3v) is 4.88. The molecule has 0 radical (unpaired) electrons. The van der Waals surface area contributed by atoms with Crippen molar-refractivity contribution in [1.29, 1.82) is 0 Å². The van der Waals surface area contributed by atoms with Crippen LogP contribution in [0.4, 0.5) is 0 Å². The molecule has 1 aromatic rings. The van der Waals surface area contributed by atoms with Crippen molar-refractivity contribution in [3.63, 3.8) is 0 Å². The van der Waals surface area contributed by atoms with Gasteiger partial charge in [0, 0.05) is 12.7 Å². The van der Waals surface area contributed by atoms with Crippen LogP contribution in [0.5, 0.6) is 0 Å². The van der Waals surface area contributed by atoms with Gasteiger partial charge < -0.3 is 18.9 Å². The van der Waals surface area contributed by atoms with Crippen LogP contribution in [-0.2, 0) is 25.6 Å². The van der Waals surface area contributed by atoms with Crippen LogP contribution in [0.15, 0.2) is 9.85 Å². The predicted octanol–water partition coefficient (Wildman–Crippen LogP) is 3.31. The molecule has 0 amide bonds. The van der Waals surface area contributed by atoms with Crippen LogP contribution in [0.25, 0.3) is 0 Å². The maximum absolute atomic E-state index is 5.55. The molecule has 0 aliphatic heterocycles. The topological polar surface area (TPSA) is 36.9 Å². The van der Waals surface area contributed by atoms with Gasteiger partial charge in [-0.25, -0.2) is 0 Å². The number of thiophene rings is 1. The van der Waals surface area contributed by atoms with E-state index in [0.29, 0.717) is 46.2 Å². The van der Waals surface area contributed by atoms with Gasteiger partial charge >= 0.3 is 0 Å². The standard InChI is InChI=1S/C12H18BrIO4S/c1-15-2-3-16-4-5-17-6-7-18-9-10-8-11(14)19-12(10)13/h8H,2-7,9H2,1H3. The second kappa shape index (κ2) is 11.4. The van der Waals surface area contributed by atoms with Crippen LogP contribution in [0, 0.1) is 2.88 Å². The number of rotatable bonds is 11. The van der Waals surface area contributed by atoms with E-state index in [-0.39, 0.29) is 0 Å². The van der Waals surface area contributed by atoms with E-state index in [4.69, 9.17) is 18.9 Å². The number of hydrogen-bond acceptors (Lipinski definition) is 5. The van der Waals surface area contributed by atoms with Crippen molar-refractivity contribution in [2.45, 2.75) is 6.61 Å². The van der Waals surface area contributed by atoms with Gasteiger partial charge in [0.05, 0.1) is 52.9 Å². The van der Waals surface area contributed by atoms with E-state index in [2.05, 4.69) is 44.6 Å². The van der Waals surface area contributed by atoms with Crippen LogP contribution in [-0.4, -0.2) is 46.8 Å². The molecule has 0 atom stereocenters. The SMILES string of the molecule is COCCOCCOCCOCc1cc(I)sc1Br. The first-order valence-corrected chi connectivity index (χ1v) is 8.58. The maximum Gasteiger partial charge on any atom is 0.0764 e. The smallest absolute Gasteiger partial charge is 0.0764 e. The molecule has 0 spiro atoms. The first-order valence-electron chi connectivity index (χ1n) is 5.90. The van der Waals surface area contributed by atoms with Gasteiger partial charge in [0.2, 0.25) is 0 Å². The first-order chi connectivity index (χ1) is 9.24. The number of methoxy groups -OCH3 is 1. The highest BCUT2D eigenvalue weighted by atomic mass is 127. The highest BCUT2D eigenvalue weighted by molar-refractivity contribution is 14.1. The Labute approximate surface area is 140 Å². The molecule has 0 aliphatic carbocycles. The summed E-state index contributed by atoms with van der Waals surface area (Å²) < 4.78 is 23.5. The Kier molecular flexibility index (Phi) is 10.7. The molecule has 0 fully saturated rings. The predicted molar refractivity (Wildman–Crippen MR) is 87.9 cm³/mol. The van der Waals surface area contributed by atoms with Gasteiger partial charge in [-0.05, 0) is 44.6 Å². The average Bonchev–Trinajstić information content (AvgIpc) is 2.70. The molecule has 0 bridgehead atoms. The molecule has 0 saturated heterocycles. The lowest BCUT2D eigenvalue weighted by atomic mass is 10.4. The Hall–Kier alpha value is 0.750. The monoisotopic (exact) mass is 464 g/mol. The Morgan fingerprint density at radius 1 is 1.05 bits per heavy atom. The molecule has 0 aromatic carbocycles. The minimum Gasteiger partial charge on any atom is -0.382 e. The van der Waals surface area contributed by atoms with Gasteiger partial charge in [0.1, 0.15) is 0 Å². The fraction of sp³-hybridized carbons (Fsp3) is 0.667. The van der Waals surface area contributed by atoms with E-state index in [1.165, 1.54) is 8.45 Å². The molecule has 110 valence electrons. The molecule has 1 rings (SSSR count). The van der Waals surface area contributed by atoms with Crippen LogP contribution in [0.1, 0.15) is 5.56 Å². The van der Waals surface area contributed by atoms with Crippen LogP contribution < -0.4 is 0 Å². The Morgan fingerprint density at radius 3 is 2.16 bits per heavy atom. The normalized spacial score (nSPS) is 11.1. The van der Waals surface area contributed by atoms with Crippen molar-refractivity contribution in [3.05, 3.63) is 18.3 Å². The summed E-state index contributed by atoms with van der Waals surface area (Å²) in [5, 5.41) is 0. The molecule has 1 heterocycles. The molecule has 4 nitrogen and oxygen atoms in total. The zero-order chi connectivity index (χ0) is 13.9. The van der Waals surface area contributed by atoms with E-state index in [1.54, 1.807) is 18.4 Å². The van der Waals surface area contributed by atoms with E-state index in [0.717, 1.165) is 3.79 Å². The minimum atomic E-state index is 0.590. The maximum atomic E-state index is 5.55. The summed E-state index contributed by atoms with van der Waals surface area (Å²) in [6.07, 6.45) is 0. The van der Waals surface area contributed by atoms with Gasteiger partial charge in [0.25, 0.3) is 0 Å². The van der Waals surface area contributed by atoms with Crippen molar-refractivity contribution >= 4 is 49.9 Å². The van der Waals surface area contributed by atoms with Gasteiger partial charge in [-0.3, -0.25) is 0 Å². The van der Waals surface area contributed by atoms with Crippen LogP contribution in [0.3, 0.4) is 0 Å². The van der Waals surface area contributed by atoms with Gasteiger partial charge in [-0.15, -0.1) is 11.3 Å². The average molecular weight is 465 g/mol. The molecule has 1 aromatic heterocycles. The zero-order valence-corrected chi connectivity index (χ0v) is 15.4. The second-order valence-corrected chi connectivity index (χ2v) is 7.88. The quantitative estimate of drug-likeness (QED) is 0.372. The zero-order valence-electron chi connectivity index (χ0n) is 10.8. The van der Waals surface area contributed by atoms with E-state index in [9.17, 15) is 0 Å². The third-order valence-electron chi connectivity index (χ3n) is 2.16. The Bertz CT molecular complexity index is 348. The lowest BCUT2D eigenvalue weighted by Gasteiger charge is -2.06. The third kappa shape index (κ3) is 8.59. The van der Waals surface area contributed by atoms with Crippen molar-refractivity contribution < 1.29 is 18.9 Å². The minimum absolute atomic E-state index is 0.590.